The average molecular weight is 267 g/mol. The number of aromatic carboxylic acids is 1. The first-order valence-electron chi connectivity index (χ1n) is 5.32. The summed E-state index contributed by atoms with van der Waals surface area (Å²) < 4.78 is 5.34. The molecule has 2 rings (SSSR count). The second kappa shape index (κ2) is 5.25. The van der Waals surface area contributed by atoms with E-state index in [9.17, 15) is 4.79 Å². The SMILES string of the molecule is O=C(O)c1cc(OCCO)c2cc(Cl)ccc2c1. The standard InChI is InChI=1S/C13H11ClO4/c14-10-2-1-8-5-9(13(16)17)6-12(11(8)7-10)18-4-3-15/h1-2,5-7,15H,3-4H2,(H,16,17). The Balaban J connectivity index is 2.61. The van der Waals surface area contributed by atoms with Crippen LogP contribution in [0.1, 0.15) is 10.4 Å². The lowest BCUT2D eigenvalue weighted by molar-refractivity contribution is 0.0696. The molecule has 0 aliphatic rings. The van der Waals surface area contributed by atoms with Crippen molar-refractivity contribution in [3.63, 3.8) is 0 Å². The number of carboxylic acids is 1. The van der Waals surface area contributed by atoms with Crippen LogP contribution in [0, 0.1) is 0 Å². The minimum absolute atomic E-state index is 0.102. The number of benzene rings is 2. The minimum Gasteiger partial charge on any atom is -0.491 e. The molecule has 5 heteroatoms. The molecular formula is C13H11ClO4. The smallest absolute Gasteiger partial charge is 0.335 e. The largest absolute Gasteiger partial charge is 0.491 e. The Morgan fingerprint density at radius 3 is 2.72 bits per heavy atom. The Morgan fingerprint density at radius 1 is 1.28 bits per heavy atom. The predicted molar refractivity (Wildman–Crippen MR) is 68.5 cm³/mol. The molecule has 0 bridgehead atoms. The molecule has 0 saturated heterocycles. The number of fused-ring (bicyclic) bond motifs is 1. The number of hydrogen-bond donors (Lipinski definition) is 2. The van der Waals surface area contributed by atoms with Crippen molar-refractivity contribution in [1.82, 2.24) is 0 Å². The first-order chi connectivity index (χ1) is 8.61. The summed E-state index contributed by atoms with van der Waals surface area (Å²) in [6.07, 6.45) is 0. The van der Waals surface area contributed by atoms with Gasteiger partial charge in [0.1, 0.15) is 12.4 Å². The van der Waals surface area contributed by atoms with E-state index < -0.39 is 5.97 Å². The highest BCUT2D eigenvalue weighted by atomic mass is 35.5. The first kappa shape index (κ1) is 12.7. The Kier molecular flexibility index (Phi) is 3.69. The molecular weight excluding hydrogens is 256 g/mol. The number of ether oxygens (including phenoxy) is 1. The first-order valence-corrected chi connectivity index (χ1v) is 5.70. The monoisotopic (exact) mass is 266 g/mol. The summed E-state index contributed by atoms with van der Waals surface area (Å²) in [5.41, 5.74) is 0.137. The van der Waals surface area contributed by atoms with E-state index >= 15 is 0 Å². The van der Waals surface area contributed by atoms with Crippen LogP contribution in [0.4, 0.5) is 0 Å². The third-order valence-corrected chi connectivity index (χ3v) is 2.71. The molecule has 2 N–H and O–H groups in total. The van der Waals surface area contributed by atoms with Gasteiger partial charge in [-0.1, -0.05) is 17.7 Å². The zero-order valence-electron chi connectivity index (χ0n) is 9.39. The van der Waals surface area contributed by atoms with Crippen molar-refractivity contribution in [2.45, 2.75) is 0 Å². The fourth-order valence-corrected chi connectivity index (χ4v) is 1.87. The fourth-order valence-electron chi connectivity index (χ4n) is 1.69. The summed E-state index contributed by atoms with van der Waals surface area (Å²) in [4.78, 5) is 11.0. The Morgan fingerprint density at radius 2 is 2.06 bits per heavy atom. The van der Waals surface area contributed by atoms with Crippen molar-refractivity contribution in [2.75, 3.05) is 13.2 Å². The van der Waals surface area contributed by atoms with Crippen LogP contribution in [0.5, 0.6) is 5.75 Å². The third-order valence-electron chi connectivity index (χ3n) is 2.47. The van der Waals surface area contributed by atoms with Crippen LogP contribution in [0.15, 0.2) is 30.3 Å². The van der Waals surface area contributed by atoms with E-state index in [1.54, 1.807) is 24.3 Å². The van der Waals surface area contributed by atoms with Crippen LogP contribution in [0.2, 0.25) is 5.02 Å². The van der Waals surface area contributed by atoms with E-state index in [0.29, 0.717) is 10.8 Å². The summed E-state index contributed by atoms with van der Waals surface area (Å²) in [5, 5.41) is 19.8. The highest BCUT2D eigenvalue weighted by molar-refractivity contribution is 6.31. The lowest BCUT2D eigenvalue weighted by atomic mass is 10.1. The van der Waals surface area contributed by atoms with Gasteiger partial charge in [0.15, 0.2) is 0 Å². The summed E-state index contributed by atoms with van der Waals surface area (Å²) in [7, 11) is 0. The van der Waals surface area contributed by atoms with Crippen LogP contribution in [-0.4, -0.2) is 29.4 Å². The van der Waals surface area contributed by atoms with Crippen LogP contribution < -0.4 is 4.74 Å². The normalized spacial score (nSPS) is 10.6. The van der Waals surface area contributed by atoms with Crippen molar-refractivity contribution in [3.05, 3.63) is 40.9 Å². The number of rotatable bonds is 4. The Bertz CT molecular complexity index is 595. The number of carbonyl (C=O) groups is 1. The van der Waals surface area contributed by atoms with E-state index in [0.717, 1.165) is 10.8 Å². The van der Waals surface area contributed by atoms with Gasteiger partial charge in [0, 0.05) is 10.4 Å². The molecule has 0 atom stereocenters. The van der Waals surface area contributed by atoms with Gasteiger partial charge in [0.05, 0.1) is 12.2 Å². The average Bonchev–Trinajstić information content (AvgIpc) is 2.35. The van der Waals surface area contributed by atoms with Crippen LogP contribution in [-0.2, 0) is 0 Å². The summed E-state index contributed by atoms with van der Waals surface area (Å²) >= 11 is 5.91. The van der Waals surface area contributed by atoms with Crippen molar-refractivity contribution >= 4 is 28.3 Å². The van der Waals surface area contributed by atoms with E-state index in [-0.39, 0.29) is 18.8 Å². The maximum absolute atomic E-state index is 11.0. The van der Waals surface area contributed by atoms with Crippen molar-refractivity contribution in [3.8, 4) is 5.75 Å². The van der Waals surface area contributed by atoms with Crippen LogP contribution in [0.3, 0.4) is 0 Å². The van der Waals surface area contributed by atoms with Crippen molar-refractivity contribution in [1.29, 1.82) is 0 Å². The molecule has 18 heavy (non-hydrogen) atoms. The van der Waals surface area contributed by atoms with E-state index in [4.69, 9.17) is 26.6 Å². The van der Waals surface area contributed by atoms with Crippen molar-refractivity contribution < 1.29 is 19.7 Å². The number of aliphatic hydroxyl groups is 1. The lowest BCUT2D eigenvalue weighted by Gasteiger charge is -2.10. The van der Waals surface area contributed by atoms with Gasteiger partial charge in [0.25, 0.3) is 0 Å². The topological polar surface area (TPSA) is 66.8 Å². The molecule has 0 heterocycles. The van der Waals surface area contributed by atoms with Gasteiger partial charge < -0.3 is 14.9 Å². The molecule has 0 unspecified atom stereocenters. The van der Waals surface area contributed by atoms with Gasteiger partial charge in [-0.05, 0) is 29.7 Å². The zero-order valence-corrected chi connectivity index (χ0v) is 10.1. The maximum atomic E-state index is 11.0. The molecule has 4 nitrogen and oxygen atoms in total. The zero-order chi connectivity index (χ0) is 13.1. The van der Waals surface area contributed by atoms with E-state index in [2.05, 4.69) is 0 Å². The van der Waals surface area contributed by atoms with Gasteiger partial charge in [0.2, 0.25) is 0 Å². The van der Waals surface area contributed by atoms with Crippen molar-refractivity contribution in [2.24, 2.45) is 0 Å². The summed E-state index contributed by atoms with van der Waals surface area (Å²) in [6.45, 7) is -0.0377. The van der Waals surface area contributed by atoms with E-state index in [1.165, 1.54) is 6.07 Å². The van der Waals surface area contributed by atoms with Gasteiger partial charge in [-0.15, -0.1) is 0 Å². The van der Waals surface area contributed by atoms with Gasteiger partial charge >= 0.3 is 5.97 Å². The molecule has 0 spiro atoms. The highest BCUT2D eigenvalue weighted by Gasteiger charge is 2.10. The second-order valence-electron chi connectivity index (χ2n) is 3.72. The molecule has 2 aromatic rings. The number of hydrogen-bond acceptors (Lipinski definition) is 3. The van der Waals surface area contributed by atoms with Gasteiger partial charge in [-0.25, -0.2) is 4.79 Å². The molecule has 0 saturated carbocycles. The Labute approximate surface area is 108 Å². The summed E-state index contributed by atoms with van der Waals surface area (Å²) in [6, 6.07) is 8.10. The van der Waals surface area contributed by atoms with Crippen LogP contribution >= 0.6 is 11.6 Å². The molecule has 0 aliphatic carbocycles. The lowest BCUT2D eigenvalue weighted by Crippen LogP contribution is -2.04. The fraction of sp³-hybridized carbons (Fsp3) is 0.154. The number of halogens is 1. The van der Waals surface area contributed by atoms with Gasteiger partial charge in [-0.2, -0.15) is 0 Å². The third kappa shape index (κ3) is 2.55. The molecule has 0 radical (unpaired) electrons. The molecule has 0 aliphatic heterocycles. The number of carboxylic acid groups (broad SMARTS) is 1. The molecule has 2 aromatic carbocycles. The predicted octanol–water partition coefficient (Wildman–Crippen LogP) is 2.56. The van der Waals surface area contributed by atoms with E-state index in [1.807, 2.05) is 0 Å². The molecule has 94 valence electrons. The quantitative estimate of drug-likeness (QED) is 0.892. The molecule has 0 aromatic heterocycles. The summed E-state index contributed by atoms with van der Waals surface area (Å²) in [5.74, 6) is -0.623. The molecule has 0 amide bonds. The van der Waals surface area contributed by atoms with Crippen LogP contribution in [0.25, 0.3) is 10.8 Å². The van der Waals surface area contributed by atoms with Gasteiger partial charge in [-0.3, -0.25) is 0 Å². The highest BCUT2D eigenvalue weighted by Crippen LogP contribution is 2.30. The number of aliphatic hydroxyl groups excluding tert-OH is 1. The minimum atomic E-state index is -1.03. The maximum Gasteiger partial charge on any atom is 0.335 e. The Hall–Kier alpha value is -1.78. The molecule has 0 fully saturated rings. The second-order valence-corrected chi connectivity index (χ2v) is 4.15.